The van der Waals surface area contributed by atoms with Crippen molar-refractivity contribution in [1.29, 1.82) is 0 Å². The van der Waals surface area contributed by atoms with Crippen LogP contribution in [0.4, 0.5) is 0 Å². The molecule has 0 aromatic heterocycles. The van der Waals surface area contributed by atoms with Gasteiger partial charge in [0.1, 0.15) is 0 Å². The molecular weight excluding hydrogens is 200 g/mol. The molecule has 0 fully saturated rings. The van der Waals surface area contributed by atoms with Gasteiger partial charge >= 0.3 is 0 Å². The molecule has 0 saturated heterocycles. The summed E-state index contributed by atoms with van der Waals surface area (Å²) in [5.74, 6) is -1.74. The van der Waals surface area contributed by atoms with E-state index < -0.39 is 11.8 Å². The predicted octanol–water partition coefficient (Wildman–Crippen LogP) is -2.60. The van der Waals surface area contributed by atoms with E-state index in [1.807, 2.05) is 6.92 Å². The van der Waals surface area contributed by atoms with E-state index in [2.05, 4.69) is 5.32 Å². The zero-order valence-electron chi connectivity index (χ0n) is 8.66. The highest BCUT2D eigenvalue weighted by Gasteiger charge is 2.16. The molecule has 0 atom stereocenters. The van der Waals surface area contributed by atoms with Gasteiger partial charge in [-0.2, -0.15) is 0 Å². The summed E-state index contributed by atoms with van der Waals surface area (Å²) in [5, 5.41) is 2.78. The van der Waals surface area contributed by atoms with Gasteiger partial charge in [-0.15, -0.1) is 0 Å². The molecule has 0 aliphatic carbocycles. The highest BCUT2D eigenvalue weighted by atomic mass is 16.2. The van der Waals surface area contributed by atoms with Gasteiger partial charge < -0.3 is 21.7 Å². The summed E-state index contributed by atoms with van der Waals surface area (Å²) < 4.78 is 0. The van der Waals surface area contributed by atoms with Gasteiger partial charge in [0.2, 0.25) is 17.7 Å². The van der Waals surface area contributed by atoms with Crippen LogP contribution in [-0.2, 0) is 14.4 Å². The molecule has 0 aliphatic rings. The van der Waals surface area contributed by atoms with Gasteiger partial charge in [0.25, 0.3) is 0 Å². The number of rotatable bonds is 7. The number of amides is 3. The first kappa shape index (κ1) is 13.4. The molecule has 7 nitrogen and oxygen atoms in total. The lowest BCUT2D eigenvalue weighted by Crippen LogP contribution is -2.46. The van der Waals surface area contributed by atoms with E-state index in [1.54, 1.807) is 0 Å². The summed E-state index contributed by atoms with van der Waals surface area (Å²) in [6, 6.07) is 0. The topological polar surface area (TPSA) is 119 Å². The molecule has 0 saturated carbocycles. The van der Waals surface area contributed by atoms with Crippen LogP contribution in [-0.4, -0.2) is 48.8 Å². The maximum Gasteiger partial charge on any atom is 0.237 e. The van der Waals surface area contributed by atoms with E-state index >= 15 is 0 Å². The molecule has 3 amide bonds. The fraction of sp³-hybridized carbons (Fsp3) is 0.625. The van der Waals surface area contributed by atoms with Crippen LogP contribution in [0, 0.1) is 0 Å². The van der Waals surface area contributed by atoms with Gasteiger partial charge in [0.05, 0.1) is 19.6 Å². The molecule has 0 radical (unpaired) electrons. The first-order chi connectivity index (χ1) is 6.97. The number of likely N-dealkylation sites (N-methyl/N-ethyl adjacent to an activating group) is 1. The summed E-state index contributed by atoms with van der Waals surface area (Å²) in [7, 11) is 0. The maximum absolute atomic E-state index is 11.4. The third-order valence-corrected chi connectivity index (χ3v) is 1.57. The molecule has 0 spiro atoms. The van der Waals surface area contributed by atoms with E-state index in [0.29, 0.717) is 6.54 Å². The number of hydrogen-bond acceptors (Lipinski definition) is 4. The first-order valence-corrected chi connectivity index (χ1v) is 4.52. The lowest BCUT2D eigenvalue weighted by Gasteiger charge is -2.19. The lowest BCUT2D eigenvalue weighted by molar-refractivity contribution is -0.137. The quantitative estimate of drug-likeness (QED) is 0.432. The van der Waals surface area contributed by atoms with Crippen molar-refractivity contribution in [2.24, 2.45) is 11.5 Å². The second-order valence-corrected chi connectivity index (χ2v) is 2.96. The van der Waals surface area contributed by atoms with Crippen LogP contribution in [0.5, 0.6) is 0 Å². The van der Waals surface area contributed by atoms with Crippen LogP contribution < -0.4 is 16.8 Å². The second-order valence-electron chi connectivity index (χ2n) is 2.96. The third-order valence-electron chi connectivity index (χ3n) is 1.57. The molecule has 0 aromatic carbocycles. The van der Waals surface area contributed by atoms with Gasteiger partial charge in [0, 0.05) is 0 Å². The highest BCUT2D eigenvalue weighted by molar-refractivity contribution is 5.88. The molecule has 0 heterocycles. The molecular formula is C8H16N4O3. The fourth-order valence-electron chi connectivity index (χ4n) is 0.952. The van der Waals surface area contributed by atoms with Gasteiger partial charge in [-0.25, -0.2) is 0 Å². The van der Waals surface area contributed by atoms with Crippen LogP contribution in [0.1, 0.15) is 6.92 Å². The Morgan fingerprint density at radius 1 is 1.13 bits per heavy atom. The monoisotopic (exact) mass is 216 g/mol. The minimum atomic E-state index is -0.680. The lowest BCUT2D eigenvalue weighted by atomic mass is 10.4. The van der Waals surface area contributed by atoms with Crippen molar-refractivity contribution in [2.75, 3.05) is 26.2 Å². The Morgan fingerprint density at radius 3 is 1.93 bits per heavy atom. The molecule has 0 aliphatic heterocycles. The van der Waals surface area contributed by atoms with Crippen LogP contribution in [0.25, 0.3) is 0 Å². The van der Waals surface area contributed by atoms with E-state index in [9.17, 15) is 14.4 Å². The molecule has 5 N–H and O–H groups in total. The van der Waals surface area contributed by atoms with E-state index in [1.165, 1.54) is 0 Å². The van der Waals surface area contributed by atoms with E-state index in [4.69, 9.17) is 11.5 Å². The van der Waals surface area contributed by atoms with Gasteiger partial charge in [-0.05, 0) is 6.54 Å². The van der Waals surface area contributed by atoms with Crippen LogP contribution in [0.2, 0.25) is 0 Å². The zero-order chi connectivity index (χ0) is 11.8. The molecule has 15 heavy (non-hydrogen) atoms. The Labute approximate surface area is 87.8 Å². The van der Waals surface area contributed by atoms with E-state index in [0.717, 1.165) is 4.90 Å². The molecule has 0 unspecified atom stereocenters. The summed E-state index contributed by atoms with van der Waals surface area (Å²) in [6.07, 6.45) is 0. The van der Waals surface area contributed by atoms with Crippen LogP contribution in [0.15, 0.2) is 0 Å². The Kier molecular flexibility index (Phi) is 6.03. The summed E-state index contributed by atoms with van der Waals surface area (Å²) in [4.78, 5) is 33.7. The first-order valence-electron chi connectivity index (χ1n) is 4.52. The molecule has 86 valence electrons. The second kappa shape index (κ2) is 6.77. The Hall–Kier alpha value is -1.63. The SMILES string of the molecule is CCNCC(=O)N(CC(N)=O)CC(N)=O. The van der Waals surface area contributed by atoms with Crippen molar-refractivity contribution >= 4 is 17.7 Å². The van der Waals surface area contributed by atoms with Gasteiger partial charge in [-0.3, -0.25) is 14.4 Å². The molecule has 0 aromatic rings. The van der Waals surface area contributed by atoms with Crippen LogP contribution in [0.3, 0.4) is 0 Å². The molecule has 0 rings (SSSR count). The highest BCUT2D eigenvalue weighted by Crippen LogP contribution is 1.88. The number of carbonyl (C=O) groups excluding carboxylic acids is 3. The van der Waals surface area contributed by atoms with Crippen molar-refractivity contribution in [3.8, 4) is 0 Å². The number of hydrogen-bond donors (Lipinski definition) is 3. The number of nitrogens with zero attached hydrogens (tertiary/aromatic N) is 1. The Balaban J connectivity index is 4.26. The fourth-order valence-corrected chi connectivity index (χ4v) is 0.952. The van der Waals surface area contributed by atoms with Crippen molar-refractivity contribution in [1.82, 2.24) is 10.2 Å². The largest absolute Gasteiger partial charge is 0.368 e. The normalized spacial score (nSPS) is 9.67. The third kappa shape index (κ3) is 6.44. The summed E-state index contributed by atoms with van der Waals surface area (Å²) in [5.41, 5.74) is 9.86. The van der Waals surface area contributed by atoms with Crippen molar-refractivity contribution in [2.45, 2.75) is 6.92 Å². The minimum absolute atomic E-state index is 0.0526. The molecule has 0 bridgehead atoms. The number of carbonyl (C=O) groups is 3. The Bertz CT molecular complexity index is 238. The zero-order valence-corrected chi connectivity index (χ0v) is 8.66. The molecule has 7 heteroatoms. The van der Waals surface area contributed by atoms with E-state index in [-0.39, 0.29) is 25.5 Å². The summed E-state index contributed by atoms with van der Waals surface area (Å²) >= 11 is 0. The average molecular weight is 216 g/mol. The van der Waals surface area contributed by atoms with Crippen LogP contribution >= 0.6 is 0 Å². The number of primary amides is 2. The standard InChI is InChI=1S/C8H16N4O3/c1-2-11-3-8(15)12(4-6(9)13)5-7(10)14/h11H,2-5H2,1H3,(H2,9,13)(H2,10,14). The number of nitrogens with two attached hydrogens (primary N) is 2. The van der Waals surface area contributed by atoms with Crippen molar-refractivity contribution < 1.29 is 14.4 Å². The summed E-state index contributed by atoms with van der Waals surface area (Å²) in [6.45, 7) is 1.91. The smallest absolute Gasteiger partial charge is 0.237 e. The number of nitrogens with one attached hydrogen (secondary N) is 1. The maximum atomic E-state index is 11.4. The van der Waals surface area contributed by atoms with Gasteiger partial charge in [-0.1, -0.05) is 6.92 Å². The minimum Gasteiger partial charge on any atom is -0.368 e. The average Bonchev–Trinajstić information content (AvgIpc) is 2.11. The predicted molar refractivity (Wildman–Crippen MR) is 53.5 cm³/mol. The van der Waals surface area contributed by atoms with Crippen molar-refractivity contribution in [3.05, 3.63) is 0 Å². The van der Waals surface area contributed by atoms with Gasteiger partial charge in [0.15, 0.2) is 0 Å². The Morgan fingerprint density at radius 2 is 1.60 bits per heavy atom. The van der Waals surface area contributed by atoms with Crippen molar-refractivity contribution in [3.63, 3.8) is 0 Å².